The number of hydrogen-bond donors (Lipinski definition) is 2. The Hall–Kier alpha value is -3.40. The summed E-state index contributed by atoms with van der Waals surface area (Å²) in [6.45, 7) is 0. The molecule has 2 aromatic carbocycles. The standard InChI is InChI=1S/C20H14N4/c1-2-6-17-14(4-1)11-19(22-17)20-16-10-13(7-8-18(16)23-24-20)15-5-3-9-21-12-15/h1-12,22H,(H,23,24). The molecular weight excluding hydrogens is 296 g/mol. The summed E-state index contributed by atoms with van der Waals surface area (Å²) in [6, 6.07) is 20.7. The van der Waals surface area contributed by atoms with Crippen LogP contribution in [0.3, 0.4) is 0 Å². The van der Waals surface area contributed by atoms with Crippen LogP contribution in [0.2, 0.25) is 0 Å². The first-order valence-corrected chi connectivity index (χ1v) is 7.85. The molecule has 0 aliphatic heterocycles. The van der Waals surface area contributed by atoms with Crippen molar-refractivity contribution in [3.05, 3.63) is 73.1 Å². The summed E-state index contributed by atoms with van der Waals surface area (Å²) in [5, 5.41) is 9.93. The predicted octanol–water partition coefficient (Wildman–Crippen LogP) is 4.77. The van der Waals surface area contributed by atoms with E-state index in [1.165, 1.54) is 5.39 Å². The van der Waals surface area contributed by atoms with Gasteiger partial charge in [0.1, 0.15) is 5.69 Å². The zero-order valence-corrected chi connectivity index (χ0v) is 12.8. The van der Waals surface area contributed by atoms with Gasteiger partial charge in [-0.15, -0.1) is 0 Å². The van der Waals surface area contributed by atoms with Gasteiger partial charge in [-0.25, -0.2) is 0 Å². The van der Waals surface area contributed by atoms with Crippen molar-refractivity contribution in [3.8, 4) is 22.5 Å². The Kier molecular flexibility index (Phi) is 2.76. The van der Waals surface area contributed by atoms with Crippen LogP contribution in [0.1, 0.15) is 0 Å². The number of aromatic amines is 2. The fourth-order valence-electron chi connectivity index (χ4n) is 3.13. The van der Waals surface area contributed by atoms with Crippen LogP contribution in [0, 0.1) is 0 Å². The van der Waals surface area contributed by atoms with Gasteiger partial charge < -0.3 is 4.98 Å². The van der Waals surface area contributed by atoms with E-state index in [4.69, 9.17) is 0 Å². The van der Waals surface area contributed by atoms with Crippen molar-refractivity contribution in [1.82, 2.24) is 20.2 Å². The maximum Gasteiger partial charge on any atom is 0.116 e. The van der Waals surface area contributed by atoms with Gasteiger partial charge in [0.05, 0.1) is 11.2 Å². The topological polar surface area (TPSA) is 57.4 Å². The molecule has 5 aromatic rings. The number of aromatic nitrogens is 4. The SMILES string of the molecule is c1cncc(-c2ccc3[nH]nc(-c4cc5ccccc5[nH]4)c3c2)c1. The molecule has 0 atom stereocenters. The number of nitrogens with one attached hydrogen (secondary N) is 2. The minimum absolute atomic E-state index is 0.937. The van der Waals surface area contributed by atoms with Crippen molar-refractivity contribution in [2.45, 2.75) is 0 Å². The highest BCUT2D eigenvalue weighted by molar-refractivity contribution is 5.97. The maximum absolute atomic E-state index is 4.52. The van der Waals surface area contributed by atoms with Gasteiger partial charge in [0.25, 0.3) is 0 Å². The van der Waals surface area contributed by atoms with Gasteiger partial charge in [0.15, 0.2) is 0 Å². The van der Waals surface area contributed by atoms with Crippen molar-refractivity contribution in [1.29, 1.82) is 0 Å². The van der Waals surface area contributed by atoms with Gasteiger partial charge in [-0.3, -0.25) is 10.1 Å². The molecule has 0 radical (unpaired) electrons. The highest BCUT2D eigenvalue weighted by atomic mass is 15.1. The largest absolute Gasteiger partial charge is 0.353 e. The van der Waals surface area contributed by atoms with Crippen LogP contribution < -0.4 is 0 Å². The number of fused-ring (bicyclic) bond motifs is 2. The van der Waals surface area contributed by atoms with Crippen LogP contribution in [0.15, 0.2) is 73.1 Å². The van der Waals surface area contributed by atoms with Crippen LogP contribution >= 0.6 is 0 Å². The van der Waals surface area contributed by atoms with Crippen LogP contribution in [-0.2, 0) is 0 Å². The van der Waals surface area contributed by atoms with E-state index in [1.54, 1.807) is 6.20 Å². The molecule has 4 heteroatoms. The molecule has 24 heavy (non-hydrogen) atoms. The first kappa shape index (κ1) is 13.1. The maximum atomic E-state index is 4.52. The lowest BCUT2D eigenvalue weighted by Gasteiger charge is -2.01. The quantitative estimate of drug-likeness (QED) is 0.493. The number of benzene rings is 2. The van der Waals surface area contributed by atoms with Crippen molar-refractivity contribution >= 4 is 21.8 Å². The zero-order chi connectivity index (χ0) is 15.9. The number of pyridine rings is 1. The molecule has 0 fully saturated rings. The normalized spacial score (nSPS) is 11.3. The summed E-state index contributed by atoms with van der Waals surface area (Å²) in [5.74, 6) is 0. The molecule has 5 rings (SSSR count). The van der Waals surface area contributed by atoms with E-state index in [9.17, 15) is 0 Å². The molecule has 0 saturated heterocycles. The Morgan fingerprint density at radius 2 is 1.75 bits per heavy atom. The third-order valence-corrected chi connectivity index (χ3v) is 4.34. The first-order chi connectivity index (χ1) is 11.9. The summed E-state index contributed by atoms with van der Waals surface area (Å²) in [5.41, 5.74) is 6.33. The second-order valence-electron chi connectivity index (χ2n) is 5.84. The number of H-pyrrole nitrogens is 2. The molecule has 0 saturated carbocycles. The van der Waals surface area contributed by atoms with Crippen molar-refractivity contribution in [2.24, 2.45) is 0 Å². The van der Waals surface area contributed by atoms with Crippen LogP contribution in [0.4, 0.5) is 0 Å². The molecule has 0 aliphatic rings. The number of hydrogen-bond acceptors (Lipinski definition) is 2. The average Bonchev–Trinajstić information content (AvgIpc) is 3.25. The number of nitrogens with zero attached hydrogens (tertiary/aromatic N) is 2. The van der Waals surface area contributed by atoms with E-state index in [2.05, 4.69) is 62.6 Å². The summed E-state index contributed by atoms with van der Waals surface area (Å²) in [6.07, 6.45) is 3.67. The molecule has 0 aliphatic carbocycles. The molecule has 0 amide bonds. The van der Waals surface area contributed by atoms with Gasteiger partial charge in [-0.2, -0.15) is 5.10 Å². The fraction of sp³-hybridized carbons (Fsp3) is 0. The Balaban J connectivity index is 1.71. The van der Waals surface area contributed by atoms with Crippen LogP contribution in [-0.4, -0.2) is 20.2 Å². The summed E-state index contributed by atoms with van der Waals surface area (Å²) in [4.78, 5) is 7.66. The second-order valence-corrected chi connectivity index (χ2v) is 5.84. The highest BCUT2D eigenvalue weighted by Crippen LogP contribution is 2.31. The van der Waals surface area contributed by atoms with E-state index in [0.717, 1.165) is 38.9 Å². The van der Waals surface area contributed by atoms with Crippen LogP contribution in [0.5, 0.6) is 0 Å². The number of rotatable bonds is 2. The molecule has 0 spiro atoms. The Bertz CT molecular complexity index is 1120. The van der Waals surface area contributed by atoms with Crippen molar-refractivity contribution in [2.75, 3.05) is 0 Å². The van der Waals surface area contributed by atoms with Gasteiger partial charge in [-0.1, -0.05) is 30.3 Å². The fourth-order valence-corrected chi connectivity index (χ4v) is 3.13. The highest BCUT2D eigenvalue weighted by Gasteiger charge is 2.12. The summed E-state index contributed by atoms with van der Waals surface area (Å²) >= 11 is 0. The molecule has 114 valence electrons. The molecule has 4 nitrogen and oxygen atoms in total. The van der Waals surface area contributed by atoms with Crippen LogP contribution in [0.25, 0.3) is 44.3 Å². The van der Waals surface area contributed by atoms with Gasteiger partial charge in [0, 0.05) is 34.2 Å². The molecular formula is C20H14N4. The smallest absolute Gasteiger partial charge is 0.116 e. The lowest BCUT2D eigenvalue weighted by molar-refractivity contribution is 1.12. The van der Waals surface area contributed by atoms with Crippen molar-refractivity contribution in [3.63, 3.8) is 0 Å². The van der Waals surface area contributed by atoms with Gasteiger partial charge >= 0.3 is 0 Å². The molecule has 0 unspecified atom stereocenters. The average molecular weight is 310 g/mol. The zero-order valence-electron chi connectivity index (χ0n) is 12.8. The molecule has 0 bridgehead atoms. The summed E-state index contributed by atoms with van der Waals surface area (Å²) < 4.78 is 0. The minimum Gasteiger partial charge on any atom is -0.353 e. The van der Waals surface area contributed by atoms with E-state index in [1.807, 2.05) is 24.4 Å². The second kappa shape index (κ2) is 5.06. The Labute approximate surface area is 138 Å². The lowest BCUT2D eigenvalue weighted by atomic mass is 10.0. The minimum atomic E-state index is 0.937. The Morgan fingerprint density at radius 1 is 0.792 bits per heavy atom. The number of para-hydroxylation sites is 1. The lowest BCUT2D eigenvalue weighted by Crippen LogP contribution is -1.81. The Morgan fingerprint density at radius 3 is 2.62 bits per heavy atom. The third kappa shape index (κ3) is 2.01. The monoisotopic (exact) mass is 310 g/mol. The first-order valence-electron chi connectivity index (χ1n) is 7.85. The summed E-state index contributed by atoms with van der Waals surface area (Å²) in [7, 11) is 0. The molecule has 3 aromatic heterocycles. The van der Waals surface area contributed by atoms with E-state index >= 15 is 0 Å². The van der Waals surface area contributed by atoms with E-state index in [0.29, 0.717) is 0 Å². The van der Waals surface area contributed by atoms with E-state index < -0.39 is 0 Å². The molecule has 3 heterocycles. The van der Waals surface area contributed by atoms with E-state index in [-0.39, 0.29) is 0 Å². The predicted molar refractivity (Wildman–Crippen MR) is 96.6 cm³/mol. The third-order valence-electron chi connectivity index (χ3n) is 4.34. The van der Waals surface area contributed by atoms with Crippen molar-refractivity contribution < 1.29 is 0 Å². The van der Waals surface area contributed by atoms with Gasteiger partial charge in [-0.05, 0) is 35.9 Å². The molecule has 2 N–H and O–H groups in total. The van der Waals surface area contributed by atoms with Gasteiger partial charge in [0.2, 0.25) is 0 Å².